The predicted octanol–water partition coefficient (Wildman–Crippen LogP) is 4.19. The van der Waals surface area contributed by atoms with Crippen molar-refractivity contribution in [2.24, 2.45) is 0 Å². The number of fused-ring (bicyclic) bond motifs is 1. The Hall–Kier alpha value is -3.01. The van der Waals surface area contributed by atoms with Gasteiger partial charge in [-0.05, 0) is 40.1 Å². The first-order chi connectivity index (χ1) is 12.2. The minimum atomic E-state index is -0.0846. The van der Waals surface area contributed by atoms with Crippen LogP contribution in [-0.4, -0.2) is 25.1 Å². The first-order valence-electron chi connectivity index (χ1n) is 8.25. The Bertz CT molecular complexity index is 862. The molecule has 0 heterocycles. The maximum Gasteiger partial charge on any atom is 0.317 e. The van der Waals surface area contributed by atoms with Gasteiger partial charge in [0.05, 0.1) is 7.11 Å². The summed E-state index contributed by atoms with van der Waals surface area (Å²) < 4.78 is 5.24. The summed E-state index contributed by atoms with van der Waals surface area (Å²) in [5, 5.41) is 5.22. The zero-order chi connectivity index (χ0) is 17.6. The second-order valence-corrected chi connectivity index (χ2v) is 6.05. The van der Waals surface area contributed by atoms with Gasteiger partial charge in [0, 0.05) is 20.1 Å². The van der Waals surface area contributed by atoms with Gasteiger partial charge in [-0.2, -0.15) is 0 Å². The number of methoxy groups -OCH3 is 1. The van der Waals surface area contributed by atoms with Crippen molar-refractivity contribution in [2.75, 3.05) is 14.2 Å². The number of ether oxygens (including phenoxy) is 1. The number of hydrogen-bond donors (Lipinski definition) is 1. The molecular weight excluding hydrogens is 312 g/mol. The second-order valence-electron chi connectivity index (χ2n) is 6.05. The molecule has 128 valence electrons. The molecule has 25 heavy (non-hydrogen) atoms. The molecule has 0 radical (unpaired) electrons. The molecule has 0 bridgehead atoms. The number of nitrogens with zero attached hydrogens (tertiary/aromatic N) is 1. The standard InChI is InChI=1S/C21H22N2O2/c1-23(15-16-6-4-3-5-7-16)21(24)22-14-17-8-9-19-13-20(25-2)11-10-18(19)12-17/h3-13H,14-15H2,1-2H3,(H,22,24). The topological polar surface area (TPSA) is 41.6 Å². The molecule has 3 rings (SSSR count). The van der Waals surface area contributed by atoms with Gasteiger partial charge in [-0.15, -0.1) is 0 Å². The van der Waals surface area contributed by atoms with E-state index >= 15 is 0 Å². The van der Waals surface area contributed by atoms with Crippen molar-refractivity contribution >= 4 is 16.8 Å². The van der Waals surface area contributed by atoms with Crippen molar-refractivity contribution in [3.8, 4) is 5.75 Å². The van der Waals surface area contributed by atoms with E-state index in [1.165, 1.54) is 0 Å². The number of nitrogens with one attached hydrogen (secondary N) is 1. The highest BCUT2D eigenvalue weighted by Gasteiger charge is 2.08. The van der Waals surface area contributed by atoms with Crippen LogP contribution in [0, 0.1) is 0 Å². The average molecular weight is 334 g/mol. The van der Waals surface area contributed by atoms with Crippen molar-refractivity contribution < 1.29 is 9.53 Å². The Morgan fingerprint density at radius 1 is 0.960 bits per heavy atom. The lowest BCUT2D eigenvalue weighted by Gasteiger charge is -2.18. The Morgan fingerprint density at radius 2 is 1.68 bits per heavy atom. The van der Waals surface area contributed by atoms with E-state index in [0.717, 1.165) is 27.6 Å². The van der Waals surface area contributed by atoms with Gasteiger partial charge in [0.2, 0.25) is 0 Å². The maximum absolute atomic E-state index is 12.3. The largest absolute Gasteiger partial charge is 0.497 e. The molecule has 0 aliphatic carbocycles. The molecule has 3 aromatic carbocycles. The minimum absolute atomic E-state index is 0.0846. The summed E-state index contributed by atoms with van der Waals surface area (Å²) in [6.45, 7) is 1.09. The molecule has 0 spiro atoms. The molecule has 0 saturated carbocycles. The molecule has 0 saturated heterocycles. The minimum Gasteiger partial charge on any atom is -0.497 e. The molecule has 0 aliphatic rings. The number of benzene rings is 3. The van der Waals surface area contributed by atoms with Crippen LogP contribution in [0.1, 0.15) is 11.1 Å². The first kappa shape index (κ1) is 16.8. The Morgan fingerprint density at radius 3 is 2.44 bits per heavy atom. The van der Waals surface area contributed by atoms with E-state index in [1.807, 2.05) is 60.7 Å². The summed E-state index contributed by atoms with van der Waals surface area (Å²) in [6.07, 6.45) is 0. The highest BCUT2D eigenvalue weighted by molar-refractivity contribution is 5.84. The molecule has 0 atom stereocenters. The van der Waals surface area contributed by atoms with E-state index in [4.69, 9.17) is 4.74 Å². The van der Waals surface area contributed by atoms with Crippen molar-refractivity contribution in [1.29, 1.82) is 0 Å². The zero-order valence-electron chi connectivity index (χ0n) is 14.5. The molecule has 3 aromatic rings. The molecule has 1 N–H and O–H groups in total. The van der Waals surface area contributed by atoms with Crippen LogP contribution in [0.5, 0.6) is 5.75 Å². The molecule has 0 fully saturated rings. The smallest absolute Gasteiger partial charge is 0.317 e. The molecule has 4 nitrogen and oxygen atoms in total. The van der Waals surface area contributed by atoms with Crippen molar-refractivity contribution in [1.82, 2.24) is 10.2 Å². The van der Waals surface area contributed by atoms with E-state index < -0.39 is 0 Å². The number of carbonyl (C=O) groups is 1. The summed E-state index contributed by atoms with van der Waals surface area (Å²) in [5.74, 6) is 0.844. The zero-order valence-corrected chi connectivity index (χ0v) is 14.5. The summed E-state index contributed by atoms with van der Waals surface area (Å²) >= 11 is 0. The number of amides is 2. The van der Waals surface area contributed by atoms with Crippen LogP contribution < -0.4 is 10.1 Å². The Balaban J connectivity index is 1.60. The summed E-state index contributed by atoms with van der Waals surface area (Å²) in [6, 6.07) is 22.0. The monoisotopic (exact) mass is 334 g/mol. The molecule has 4 heteroatoms. The fourth-order valence-electron chi connectivity index (χ4n) is 2.75. The van der Waals surface area contributed by atoms with Crippen molar-refractivity contribution in [3.63, 3.8) is 0 Å². The third kappa shape index (κ3) is 4.29. The van der Waals surface area contributed by atoms with Crippen LogP contribution in [0.3, 0.4) is 0 Å². The van der Waals surface area contributed by atoms with Crippen LogP contribution in [0.2, 0.25) is 0 Å². The summed E-state index contributed by atoms with van der Waals surface area (Å²) in [5.41, 5.74) is 2.18. The predicted molar refractivity (Wildman–Crippen MR) is 101 cm³/mol. The van der Waals surface area contributed by atoms with Crippen LogP contribution in [0.15, 0.2) is 66.7 Å². The van der Waals surface area contributed by atoms with Crippen molar-refractivity contribution in [3.05, 3.63) is 77.9 Å². The van der Waals surface area contributed by atoms with Gasteiger partial charge in [0.1, 0.15) is 5.75 Å². The number of carbonyl (C=O) groups excluding carboxylic acids is 1. The lowest BCUT2D eigenvalue weighted by atomic mass is 10.1. The number of urea groups is 1. The van der Waals surface area contributed by atoms with Gasteiger partial charge in [-0.3, -0.25) is 0 Å². The third-order valence-corrected chi connectivity index (χ3v) is 4.16. The lowest BCUT2D eigenvalue weighted by Crippen LogP contribution is -2.36. The van der Waals surface area contributed by atoms with Gasteiger partial charge in [0.15, 0.2) is 0 Å². The van der Waals surface area contributed by atoms with Gasteiger partial charge >= 0.3 is 6.03 Å². The average Bonchev–Trinajstić information content (AvgIpc) is 2.66. The number of hydrogen-bond acceptors (Lipinski definition) is 2. The van der Waals surface area contributed by atoms with E-state index in [1.54, 1.807) is 19.1 Å². The fourth-order valence-corrected chi connectivity index (χ4v) is 2.75. The van der Waals surface area contributed by atoms with Crippen LogP contribution >= 0.6 is 0 Å². The quantitative estimate of drug-likeness (QED) is 0.760. The van der Waals surface area contributed by atoms with E-state index in [2.05, 4.69) is 11.4 Å². The molecule has 0 aliphatic heterocycles. The normalized spacial score (nSPS) is 10.5. The van der Waals surface area contributed by atoms with Crippen molar-refractivity contribution in [2.45, 2.75) is 13.1 Å². The van der Waals surface area contributed by atoms with Crippen LogP contribution in [-0.2, 0) is 13.1 Å². The van der Waals surface area contributed by atoms with Crippen LogP contribution in [0.25, 0.3) is 10.8 Å². The maximum atomic E-state index is 12.3. The Labute approximate surface area is 148 Å². The molecule has 0 unspecified atom stereocenters. The van der Waals surface area contributed by atoms with E-state index in [-0.39, 0.29) is 6.03 Å². The summed E-state index contributed by atoms with van der Waals surface area (Å²) in [4.78, 5) is 13.9. The Kier molecular flexibility index (Phi) is 5.19. The second kappa shape index (κ2) is 7.71. The summed E-state index contributed by atoms with van der Waals surface area (Å²) in [7, 11) is 3.46. The van der Waals surface area contributed by atoms with E-state index in [9.17, 15) is 4.79 Å². The van der Waals surface area contributed by atoms with E-state index in [0.29, 0.717) is 13.1 Å². The first-order valence-corrected chi connectivity index (χ1v) is 8.25. The number of rotatable bonds is 5. The lowest BCUT2D eigenvalue weighted by molar-refractivity contribution is 0.206. The van der Waals surface area contributed by atoms with Crippen LogP contribution in [0.4, 0.5) is 4.79 Å². The van der Waals surface area contributed by atoms with Gasteiger partial charge in [-0.25, -0.2) is 4.79 Å². The highest BCUT2D eigenvalue weighted by Crippen LogP contribution is 2.21. The molecule has 2 amide bonds. The fraction of sp³-hybridized carbons (Fsp3) is 0.190. The molecule has 0 aromatic heterocycles. The van der Waals surface area contributed by atoms with Gasteiger partial charge in [-0.1, -0.05) is 48.5 Å². The molecular formula is C21H22N2O2. The van der Waals surface area contributed by atoms with Gasteiger partial charge in [0.25, 0.3) is 0 Å². The SMILES string of the molecule is COc1ccc2cc(CNC(=O)N(C)Cc3ccccc3)ccc2c1. The highest BCUT2D eigenvalue weighted by atomic mass is 16.5. The third-order valence-electron chi connectivity index (χ3n) is 4.16. The van der Waals surface area contributed by atoms with Gasteiger partial charge < -0.3 is 15.0 Å².